The third-order valence-electron chi connectivity index (χ3n) is 9.36. The van der Waals surface area contributed by atoms with Crippen molar-refractivity contribution in [1.82, 2.24) is 21.3 Å². The van der Waals surface area contributed by atoms with Gasteiger partial charge < -0.3 is 48.3 Å². The summed E-state index contributed by atoms with van der Waals surface area (Å²) in [6.07, 6.45) is 2.51. The van der Waals surface area contributed by atoms with Gasteiger partial charge in [0.2, 0.25) is 17.7 Å². The molecule has 0 aliphatic carbocycles. The van der Waals surface area contributed by atoms with Crippen molar-refractivity contribution in [2.45, 2.75) is 123 Å². The lowest BCUT2D eigenvalue weighted by Crippen LogP contribution is -2.50. The van der Waals surface area contributed by atoms with E-state index in [9.17, 15) is 33.9 Å². The molecule has 0 bridgehead atoms. The van der Waals surface area contributed by atoms with E-state index in [0.717, 1.165) is 5.56 Å². The number of nitrogens with one attached hydrogen (secondary N) is 4. The van der Waals surface area contributed by atoms with Crippen molar-refractivity contribution in [3.63, 3.8) is 0 Å². The Kier molecular flexibility index (Phi) is 25.9. The van der Waals surface area contributed by atoms with E-state index in [2.05, 4.69) is 26.3 Å². The van der Waals surface area contributed by atoms with Gasteiger partial charge in [-0.05, 0) is 63.0 Å². The first-order valence-electron chi connectivity index (χ1n) is 20.3. The number of nitrogens with zero attached hydrogens (tertiary/aromatic N) is 1. The number of ketones is 3. The number of amides is 3. The van der Waals surface area contributed by atoms with Gasteiger partial charge in [0.25, 0.3) is 0 Å². The highest BCUT2D eigenvalue weighted by molar-refractivity contribution is 5.96. The standard InChI is InChI=1S/C41H70N8O8/c1-6-13-34(51)33(22-29-14-8-7-9-15-29)48-40(56)31(25-50)24-36(53)38(27(2)3)49-39(55)30(16-12-19-46-41(43)44)23-35(52)32(17-10-11-18-42)47-37(54)26-57-21-20-45-28(4)5/h7-9,14-15,27-28,30-33,38,45,50H,6,10-13,16-26,42H2,1-5H3,(H,47,54)(H,48,56)(H,49,55)(H4,43,44,46)/t30-,31+,32+,33+,38+/m1/s1. The van der Waals surface area contributed by atoms with Crippen LogP contribution in [0.1, 0.15) is 98.0 Å². The zero-order chi connectivity index (χ0) is 42.8. The van der Waals surface area contributed by atoms with Gasteiger partial charge in [0.15, 0.2) is 23.3 Å². The molecular weight excluding hydrogens is 732 g/mol. The number of aliphatic hydroxyl groups excluding tert-OH is 1. The van der Waals surface area contributed by atoms with Crippen LogP contribution in [-0.2, 0) is 39.9 Å². The molecule has 0 aromatic heterocycles. The second-order valence-electron chi connectivity index (χ2n) is 15.1. The number of nitrogens with two attached hydrogens (primary N) is 3. The summed E-state index contributed by atoms with van der Waals surface area (Å²) in [4.78, 5) is 84.7. The van der Waals surface area contributed by atoms with Gasteiger partial charge in [0.05, 0.1) is 37.3 Å². The van der Waals surface area contributed by atoms with Gasteiger partial charge in [0, 0.05) is 44.3 Å². The number of unbranched alkanes of at least 4 members (excludes halogenated alkanes) is 1. The van der Waals surface area contributed by atoms with E-state index in [1.165, 1.54) is 0 Å². The van der Waals surface area contributed by atoms with Gasteiger partial charge >= 0.3 is 0 Å². The third kappa shape index (κ3) is 21.7. The normalized spacial score (nSPS) is 13.9. The molecule has 1 aromatic carbocycles. The second-order valence-corrected chi connectivity index (χ2v) is 15.1. The molecule has 57 heavy (non-hydrogen) atoms. The molecule has 0 heterocycles. The van der Waals surface area contributed by atoms with Gasteiger partial charge in [0.1, 0.15) is 6.61 Å². The minimum Gasteiger partial charge on any atom is -0.396 e. The number of hydrogen-bond acceptors (Lipinski definition) is 11. The van der Waals surface area contributed by atoms with Crippen LogP contribution in [0.3, 0.4) is 0 Å². The Bertz CT molecular complexity index is 1400. The van der Waals surface area contributed by atoms with E-state index in [1.807, 2.05) is 51.1 Å². The number of ether oxygens (including phenoxy) is 1. The highest BCUT2D eigenvalue weighted by atomic mass is 16.5. The molecule has 322 valence electrons. The van der Waals surface area contributed by atoms with E-state index in [1.54, 1.807) is 13.8 Å². The van der Waals surface area contributed by atoms with Crippen molar-refractivity contribution in [2.24, 2.45) is 39.9 Å². The van der Waals surface area contributed by atoms with Crippen molar-refractivity contribution in [1.29, 1.82) is 0 Å². The summed E-state index contributed by atoms with van der Waals surface area (Å²) >= 11 is 0. The van der Waals surface area contributed by atoms with E-state index in [0.29, 0.717) is 51.8 Å². The molecule has 1 rings (SSSR count). The van der Waals surface area contributed by atoms with Gasteiger partial charge in [-0.2, -0.15) is 0 Å². The molecule has 11 N–H and O–H groups in total. The molecule has 3 amide bonds. The maximum absolute atomic E-state index is 13.9. The van der Waals surface area contributed by atoms with Crippen LogP contribution in [0, 0.1) is 17.8 Å². The topological polar surface area (TPSA) is 270 Å². The average molecular weight is 803 g/mol. The zero-order valence-corrected chi connectivity index (χ0v) is 34.7. The summed E-state index contributed by atoms with van der Waals surface area (Å²) in [5, 5.41) is 21.7. The fourth-order valence-corrected chi connectivity index (χ4v) is 6.19. The molecule has 0 aliphatic rings. The largest absolute Gasteiger partial charge is 0.396 e. The number of guanidine groups is 1. The monoisotopic (exact) mass is 803 g/mol. The number of benzene rings is 1. The van der Waals surface area contributed by atoms with Crippen LogP contribution in [0.15, 0.2) is 35.3 Å². The van der Waals surface area contributed by atoms with Crippen molar-refractivity contribution >= 4 is 41.0 Å². The summed E-state index contributed by atoms with van der Waals surface area (Å²) in [6, 6.07) is 6.70. The van der Waals surface area contributed by atoms with Crippen LogP contribution in [0.5, 0.6) is 0 Å². The van der Waals surface area contributed by atoms with Gasteiger partial charge in [-0.25, -0.2) is 0 Å². The van der Waals surface area contributed by atoms with Crippen LogP contribution >= 0.6 is 0 Å². The molecular formula is C41H70N8O8. The highest BCUT2D eigenvalue weighted by Gasteiger charge is 2.34. The number of aliphatic hydroxyl groups is 1. The Morgan fingerprint density at radius 1 is 0.807 bits per heavy atom. The lowest BCUT2D eigenvalue weighted by molar-refractivity contribution is -0.136. The summed E-state index contributed by atoms with van der Waals surface area (Å²) in [6.45, 7) is 9.91. The van der Waals surface area contributed by atoms with Crippen LogP contribution < -0.4 is 38.5 Å². The Balaban J connectivity index is 3.16. The summed E-state index contributed by atoms with van der Waals surface area (Å²) in [5.41, 5.74) is 17.5. The van der Waals surface area contributed by atoms with Gasteiger partial charge in [-0.1, -0.05) is 65.0 Å². The molecule has 0 saturated heterocycles. The molecule has 0 saturated carbocycles. The number of Topliss-reactive ketones (excluding diaryl/α,β-unsaturated/α-hetero) is 3. The summed E-state index contributed by atoms with van der Waals surface area (Å²) in [7, 11) is 0. The Morgan fingerprint density at radius 2 is 1.47 bits per heavy atom. The Hall–Kier alpha value is -4.25. The fourth-order valence-electron chi connectivity index (χ4n) is 6.19. The molecule has 0 unspecified atom stereocenters. The number of rotatable bonds is 32. The number of carbonyl (C=O) groups is 6. The molecule has 16 heteroatoms. The predicted molar refractivity (Wildman–Crippen MR) is 221 cm³/mol. The van der Waals surface area contributed by atoms with Gasteiger partial charge in [-0.15, -0.1) is 0 Å². The zero-order valence-electron chi connectivity index (χ0n) is 34.7. The van der Waals surface area contributed by atoms with Gasteiger partial charge in [-0.3, -0.25) is 33.8 Å². The average Bonchev–Trinajstić information content (AvgIpc) is 3.16. The molecule has 0 fully saturated rings. The van der Waals surface area contributed by atoms with Crippen molar-refractivity contribution < 1.29 is 38.6 Å². The molecule has 1 aromatic rings. The molecule has 16 nitrogen and oxygen atoms in total. The number of aliphatic imine (C=N–C) groups is 1. The quantitative estimate of drug-likeness (QED) is 0.0289. The highest BCUT2D eigenvalue weighted by Crippen LogP contribution is 2.19. The maximum atomic E-state index is 13.9. The first kappa shape index (κ1) is 50.8. The van der Waals surface area contributed by atoms with E-state index < -0.39 is 72.4 Å². The summed E-state index contributed by atoms with van der Waals surface area (Å²) < 4.78 is 5.47. The number of carbonyl (C=O) groups excluding carboxylic acids is 6. The van der Waals surface area contributed by atoms with Crippen LogP contribution in [0.25, 0.3) is 0 Å². The lowest BCUT2D eigenvalue weighted by Gasteiger charge is -2.27. The minimum absolute atomic E-state index is 0.119. The molecule has 0 aliphatic heterocycles. The van der Waals surface area contributed by atoms with Crippen molar-refractivity contribution in [2.75, 3.05) is 39.5 Å². The SMILES string of the molecule is CCCC(=O)[C@H](Cc1ccccc1)NC(=O)[C@H](CO)CC(=O)[C@@H](NC(=O)[C@H](CCCN=C(N)N)CC(=O)[C@H](CCCCN)NC(=O)COCCNC(C)C)C(C)C. The first-order valence-corrected chi connectivity index (χ1v) is 20.3. The minimum atomic E-state index is -1.17. The second kappa shape index (κ2) is 29.0. The van der Waals surface area contributed by atoms with Crippen molar-refractivity contribution in [3.05, 3.63) is 35.9 Å². The molecule has 0 spiro atoms. The molecule has 5 atom stereocenters. The number of hydrogen-bond donors (Lipinski definition) is 8. The lowest BCUT2D eigenvalue weighted by atomic mass is 9.89. The summed E-state index contributed by atoms with van der Waals surface area (Å²) in [5.74, 6) is -5.31. The molecule has 0 radical (unpaired) electrons. The van der Waals surface area contributed by atoms with E-state index in [4.69, 9.17) is 21.9 Å². The van der Waals surface area contributed by atoms with E-state index >= 15 is 0 Å². The maximum Gasteiger partial charge on any atom is 0.246 e. The Morgan fingerprint density at radius 3 is 2.07 bits per heavy atom. The Labute approximate surface area is 338 Å². The van der Waals surface area contributed by atoms with Crippen LogP contribution in [0.4, 0.5) is 0 Å². The van der Waals surface area contributed by atoms with Crippen molar-refractivity contribution in [3.8, 4) is 0 Å². The fraction of sp³-hybridized carbons (Fsp3) is 0.683. The third-order valence-corrected chi connectivity index (χ3v) is 9.36. The van der Waals surface area contributed by atoms with Crippen LogP contribution in [0.2, 0.25) is 0 Å². The smallest absolute Gasteiger partial charge is 0.246 e. The first-order chi connectivity index (χ1) is 27.1. The predicted octanol–water partition coefficient (Wildman–Crippen LogP) is 1.05. The van der Waals surface area contributed by atoms with Crippen LogP contribution in [-0.4, -0.2) is 110 Å². The van der Waals surface area contributed by atoms with E-state index in [-0.39, 0.29) is 62.4 Å².